The molecule has 4 N–H and O–H groups in total. The lowest BCUT2D eigenvalue weighted by Crippen LogP contribution is -2.62. The lowest BCUT2D eigenvalue weighted by atomic mass is 9.45. The molecular weight excluding hydrogens is 662 g/mol. The maximum absolute atomic E-state index is 14.2. The van der Waals surface area contributed by atoms with Gasteiger partial charge in [-0.3, -0.25) is 19.2 Å². The Balaban J connectivity index is 1.31. The molecule has 1 unspecified atom stereocenters. The van der Waals surface area contributed by atoms with Crippen LogP contribution in [0.1, 0.15) is 69.3 Å². The molecule has 3 saturated carbocycles. The highest BCUT2D eigenvalue weighted by Crippen LogP contribution is 2.61. The predicted octanol–water partition coefficient (Wildman–Crippen LogP) is 3.44. The molecule has 0 aromatic heterocycles. The van der Waals surface area contributed by atoms with Crippen LogP contribution in [-0.2, 0) is 21.0 Å². The highest BCUT2D eigenvalue weighted by molar-refractivity contribution is 6.00. The Morgan fingerprint density at radius 1 is 1.13 bits per heavy atom. The van der Waals surface area contributed by atoms with Crippen LogP contribution >= 0.6 is 0 Å². The standard InChI is InChI=1S/C40H57N5O7/c1-22-30-18-27(40(30,3)4)19-31(22)42-38(49)35-34(23(2)47)33(21-46)52-45(35)20-24-11-9-12-29(36(24)51-8)25-15-26(17-28(16-25)43(6)7)39(50)44-14-10-13-32(44)37(48)41-5/h9,11-12,15-17,22-23,27,30-35,46-47H,10,13-14,18-21H2,1-8H3,(H,41,48)(H,42,49)/t22-,23-,27+,30+,31?,32-,33-,34+,35-/m0/s1. The van der Waals surface area contributed by atoms with Crippen LogP contribution in [0.25, 0.3) is 11.1 Å². The van der Waals surface area contributed by atoms with Crippen molar-refractivity contribution in [3.63, 3.8) is 0 Å². The number of hydrogen-bond acceptors (Lipinski definition) is 9. The summed E-state index contributed by atoms with van der Waals surface area (Å²) in [6.07, 6.45) is 1.80. The fraction of sp³-hybridized carbons (Fsp3) is 0.625. The molecule has 12 nitrogen and oxygen atoms in total. The first kappa shape index (κ1) is 38.0. The van der Waals surface area contributed by atoms with Crippen LogP contribution in [0.2, 0.25) is 0 Å². The molecule has 3 amide bonds. The van der Waals surface area contributed by atoms with Crippen molar-refractivity contribution in [2.45, 2.75) is 90.3 Å². The van der Waals surface area contributed by atoms with E-state index in [2.05, 4.69) is 31.4 Å². The van der Waals surface area contributed by atoms with Gasteiger partial charge >= 0.3 is 0 Å². The number of rotatable bonds is 11. The zero-order valence-electron chi connectivity index (χ0n) is 31.9. The van der Waals surface area contributed by atoms with Gasteiger partial charge in [-0.25, -0.2) is 0 Å². The zero-order chi connectivity index (χ0) is 37.6. The van der Waals surface area contributed by atoms with E-state index in [-0.39, 0.29) is 42.3 Å². The van der Waals surface area contributed by atoms with Crippen molar-refractivity contribution < 1.29 is 34.2 Å². The topological polar surface area (TPSA) is 144 Å². The molecular formula is C40H57N5O7. The summed E-state index contributed by atoms with van der Waals surface area (Å²) in [5.74, 6) is 0.734. The molecule has 7 rings (SSSR count). The third-order valence-electron chi connectivity index (χ3n) is 12.7. The summed E-state index contributed by atoms with van der Waals surface area (Å²) in [5.41, 5.74) is 3.78. The first-order chi connectivity index (χ1) is 24.7. The SMILES string of the molecule is CNC(=O)[C@@H]1CCCN1C(=O)c1cc(-c2cccc(CN3O[C@@H](CO)[C@@H]([C@H](C)O)[C@H]3C(=O)NC3C[C@H]4C[C@H]([C@@H]3C)C4(C)C)c2OC)cc(N(C)C)c1. The number of benzene rings is 2. The van der Waals surface area contributed by atoms with Crippen LogP contribution in [-0.4, -0.2) is 110 Å². The Morgan fingerprint density at radius 2 is 1.88 bits per heavy atom. The summed E-state index contributed by atoms with van der Waals surface area (Å²) < 4.78 is 6.06. The number of likely N-dealkylation sites (tertiary alicyclic amines) is 1. The quantitative estimate of drug-likeness (QED) is 0.275. The van der Waals surface area contributed by atoms with Gasteiger partial charge in [0.05, 0.1) is 26.4 Å². The number of nitrogens with zero attached hydrogens (tertiary/aromatic N) is 3. The van der Waals surface area contributed by atoms with E-state index in [1.807, 2.05) is 55.4 Å². The molecule has 5 aliphatic rings. The number of likely N-dealkylation sites (N-methyl/N-ethyl adjacent to an activating group) is 1. The van der Waals surface area contributed by atoms with Crippen LogP contribution in [0.4, 0.5) is 5.69 Å². The van der Waals surface area contributed by atoms with Gasteiger partial charge in [0.15, 0.2) is 0 Å². The molecule has 0 spiro atoms. The Morgan fingerprint density at radius 3 is 2.50 bits per heavy atom. The Hall–Kier alpha value is -3.71. The second-order valence-electron chi connectivity index (χ2n) is 16.2. The second kappa shape index (κ2) is 15.0. The highest BCUT2D eigenvalue weighted by Gasteiger charge is 2.57. The summed E-state index contributed by atoms with van der Waals surface area (Å²) >= 11 is 0. The van der Waals surface area contributed by atoms with Gasteiger partial charge in [0, 0.05) is 62.0 Å². The summed E-state index contributed by atoms with van der Waals surface area (Å²) in [6, 6.07) is 10.1. The van der Waals surface area contributed by atoms with E-state index in [0.29, 0.717) is 42.0 Å². The number of amides is 3. The van der Waals surface area contributed by atoms with Crippen LogP contribution < -0.4 is 20.3 Å². The maximum Gasteiger partial charge on any atom is 0.254 e. The largest absolute Gasteiger partial charge is 0.496 e. The molecule has 5 fully saturated rings. The van der Waals surface area contributed by atoms with Gasteiger partial charge in [-0.1, -0.05) is 39.0 Å². The molecule has 2 heterocycles. The van der Waals surface area contributed by atoms with E-state index < -0.39 is 30.2 Å². The normalized spacial score (nSPS) is 30.0. The first-order valence-corrected chi connectivity index (χ1v) is 18.8. The molecule has 2 bridgehead atoms. The third-order valence-corrected chi connectivity index (χ3v) is 12.7. The number of hydrogen-bond donors (Lipinski definition) is 4. The Kier molecular flexibility index (Phi) is 10.9. The first-order valence-electron chi connectivity index (χ1n) is 18.8. The molecule has 52 heavy (non-hydrogen) atoms. The van der Waals surface area contributed by atoms with Gasteiger partial charge in [0.1, 0.15) is 23.9 Å². The minimum atomic E-state index is -0.911. The molecule has 0 radical (unpaired) electrons. The number of methoxy groups -OCH3 is 1. The van der Waals surface area contributed by atoms with Crippen molar-refractivity contribution in [3.05, 3.63) is 47.5 Å². The number of fused-ring (bicyclic) bond motifs is 2. The van der Waals surface area contributed by atoms with Gasteiger partial charge in [-0.05, 0) is 79.5 Å². The summed E-state index contributed by atoms with van der Waals surface area (Å²) in [4.78, 5) is 50.6. The van der Waals surface area contributed by atoms with Crippen molar-refractivity contribution >= 4 is 23.4 Å². The average Bonchev–Trinajstić information content (AvgIpc) is 3.76. The maximum atomic E-state index is 14.2. The van der Waals surface area contributed by atoms with Crippen molar-refractivity contribution in [1.29, 1.82) is 0 Å². The monoisotopic (exact) mass is 719 g/mol. The number of para-hydroxylation sites is 1. The fourth-order valence-electron chi connectivity index (χ4n) is 9.59. The molecule has 284 valence electrons. The Bertz CT molecular complexity index is 1660. The average molecular weight is 720 g/mol. The van der Waals surface area contributed by atoms with E-state index in [4.69, 9.17) is 9.57 Å². The van der Waals surface area contributed by atoms with Crippen LogP contribution in [0.3, 0.4) is 0 Å². The van der Waals surface area contributed by atoms with E-state index in [1.165, 1.54) is 6.42 Å². The molecule has 2 aliphatic heterocycles. The van der Waals surface area contributed by atoms with E-state index in [9.17, 15) is 24.6 Å². The third kappa shape index (κ3) is 6.79. The van der Waals surface area contributed by atoms with E-state index in [1.54, 1.807) is 31.0 Å². The Labute approximate surface area is 307 Å². The lowest BCUT2D eigenvalue weighted by molar-refractivity contribution is -0.183. The van der Waals surface area contributed by atoms with Gasteiger partial charge in [0.25, 0.3) is 5.91 Å². The minimum absolute atomic E-state index is 0.0277. The molecule has 2 aromatic rings. The van der Waals surface area contributed by atoms with Crippen LogP contribution in [0, 0.1) is 29.1 Å². The molecule has 2 aromatic carbocycles. The van der Waals surface area contributed by atoms with Gasteiger partial charge in [-0.2, -0.15) is 5.06 Å². The molecule has 12 heteroatoms. The fourth-order valence-corrected chi connectivity index (χ4v) is 9.59. The lowest BCUT2D eigenvalue weighted by Gasteiger charge is -2.62. The van der Waals surface area contributed by atoms with Gasteiger partial charge < -0.3 is 35.4 Å². The summed E-state index contributed by atoms with van der Waals surface area (Å²) in [7, 11) is 7.00. The summed E-state index contributed by atoms with van der Waals surface area (Å²) in [6.45, 7) is 8.82. The number of aliphatic hydroxyl groups excluding tert-OH is 2. The number of aliphatic hydroxyl groups is 2. The smallest absolute Gasteiger partial charge is 0.254 e. The molecule has 9 atom stereocenters. The van der Waals surface area contributed by atoms with Crippen LogP contribution in [0.5, 0.6) is 5.75 Å². The number of hydroxylamine groups is 2. The van der Waals surface area contributed by atoms with Gasteiger partial charge in [0.2, 0.25) is 11.8 Å². The van der Waals surface area contributed by atoms with Crippen molar-refractivity contribution in [2.75, 3.05) is 46.3 Å². The molecule has 3 aliphatic carbocycles. The van der Waals surface area contributed by atoms with Crippen LogP contribution in [0.15, 0.2) is 36.4 Å². The van der Waals surface area contributed by atoms with Crippen molar-refractivity contribution in [2.24, 2.45) is 29.1 Å². The zero-order valence-corrected chi connectivity index (χ0v) is 31.9. The van der Waals surface area contributed by atoms with E-state index >= 15 is 0 Å². The number of carbonyl (C=O) groups is 3. The van der Waals surface area contributed by atoms with E-state index in [0.717, 1.165) is 35.2 Å². The van der Waals surface area contributed by atoms with Crippen molar-refractivity contribution in [1.82, 2.24) is 20.6 Å². The number of carbonyl (C=O) groups excluding carboxylic acids is 3. The minimum Gasteiger partial charge on any atom is -0.496 e. The number of anilines is 1. The second-order valence-corrected chi connectivity index (χ2v) is 16.2. The van der Waals surface area contributed by atoms with Crippen molar-refractivity contribution in [3.8, 4) is 16.9 Å². The number of nitrogens with one attached hydrogen (secondary N) is 2. The number of ether oxygens (including phenoxy) is 1. The summed E-state index contributed by atoms with van der Waals surface area (Å²) in [5, 5.41) is 28.9. The molecule has 2 saturated heterocycles. The highest BCUT2D eigenvalue weighted by atomic mass is 16.7. The van der Waals surface area contributed by atoms with Gasteiger partial charge in [-0.15, -0.1) is 0 Å². The predicted molar refractivity (Wildman–Crippen MR) is 198 cm³/mol.